The van der Waals surface area contributed by atoms with E-state index in [0.717, 1.165) is 107 Å². The largest absolute Gasteiger partial charge is 0.463 e. The molecule has 1 atom stereocenters. The Kier molecular flexibility index (Phi) is 7.73. The molecule has 4 aromatic rings. The highest BCUT2D eigenvalue weighted by molar-refractivity contribution is 7.23. The van der Waals surface area contributed by atoms with E-state index in [4.69, 9.17) is 29.9 Å². The summed E-state index contributed by atoms with van der Waals surface area (Å²) in [6.45, 7) is 5.30. The number of nitrogens with two attached hydrogens (primary N) is 1. The third-order valence-electron chi connectivity index (χ3n) is 11.4. The van der Waals surface area contributed by atoms with Gasteiger partial charge in [0.2, 0.25) is 0 Å². The monoisotopic (exact) mass is 702 g/mol. The number of ether oxygens (including phenoxy) is 3. The first kappa shape index (κ1) is 32.0. The number of nitrogens with zero attached hydrogens (tertiary/aromatic N) is 5. The van der Waals surface area contributed by atoms with Crippen LogP contribution in [0.4, 0.5) is 24.0 Å². The van der Waals surface area contributed by atoms with Crippen LogP contribution in [-0.4, -0.2) is 66.4 Å². The zero-order valence-corrected chi connectivity index (χ0v) is 28.4. The van der Waals surface area contributed by atoms with E-state index in [2.05, 4.69) is 15.9 Å². The second-order valence-electron chi connectivity index (χ2n) is 14.6. The predicted molar refractivity (Wildman–Crippen MR) is 185 cm³/mol. The third kappa shape index (κ3) is 5.22. The van der Waals surface area contributed by atoms with E-state index in [1.807, 2.05) is 0 Å². The van der Waals surface area contributed by atoms with E-state index in [-0.39, 0.29) is 62.0 Å². The van der Waals surface area contributed by atoms with Gasteiger partial charge in [-0.05, 0) is 66.9 Å². The summed E-state index contributed by atoms with van der Waals surface area (Å²) in [5.74, 6) is -0.525. The Morgan fingerprint density at radius 1 is 1.06 bits per heavy atom. The molecule has 2 aromatic carbocycles. The number of fused-ring (bicyclic) bond motifs is 4. The predicted octanol–water partition coefficient (Wildman–Crippen LogP) is 7.14. The summed E-state index contributed by atoms with van der Waals surface area (Å²) in [5.41, 5.74) is 8.94. The summed E-state index contributed by atoms with van der Waals surface area (Å²) in [7, 11) is 0. The van der Waals surface area contributed by atoms with E-state index in [0.29, 0.717) is 35.5 Å². The van der Waals surface area contributed by atoms with Crippen LogP contribution in [0.2, 0.25) is 0 Å². The molecule has 1 spiro atoms. The van der Waals surface area contributed by atoms with E-state index in [1.165, 1.54) is 12.1 Å². The number of halogens is 3. The molecule has 2 aromatic heterocycles. The van der Waals surface area contributed by atoms with Gasteiger partial charge in [-0.15, -0.1) is 11.3 Å². The van der Waals surface area contributed by atoms with Crippen molar-refractivity contribution in [3.05, 3.63) is 52.4 Å². The summed E-state index contributed by atoms with van der Waals surface area (Å²) in [6.07, 6.45) is 7.03. The first-order chi connectivity index (χ1) is 24.3. The van der Waals surface area contributed by atoms with Gasteiger partial charge in [0.1, 0.15) is 28.2 Å². The van der Waals surface area contributed by atoms with E-state index < -0.39 is 11.6 Å². The van der Waals surface area contributed by atoms with E-state index in [9.17, 15) is 9.65 Å². The zero-order chi connectivity index (χ0) is 34.2. The van der Waals surface area contributed by atoms with Gasteiger partial charge < -0.3 is 29.7 Å². The minimum absolute atomic E-state index is 0.0634. The number of benzene rings is 2. The van der Waals surface area contributed by atoms with Gasteiger partial charge in [0.15, 0.2) is 5.82 Å². The number of rotatable bonds is 7. The van der Waals surface area contributed by atoms with Crippen LogP contribution >= 0.6 is 11.3 Å². The maximum atomic E-state index is 17.4. The maximum Gasteiger partial charge on any atom is 0.319 e. The Balaban J connectivity index is 1.16. The van der Waals surface area contributed by atoms with Gasteiger partial charge in [-0.25, -0.2) is 13.2 Å². The van der Waals surface area contributed by atoms with Crippen molar-refractivity contribution in [2.24, 2.45) is 5.41 Å². The van der Waals surface area contributed by atoms with Crippen LogP contribution < -0.4 is 15.4 Å². The minimum Gasteiger partial charge on any atom is -0.463 e. The standard InChI is InChI=1S/C37H37F3N6O3S/c38-14-21-4-11-45(12-5-21)18-36(7-8-36)20-48-35-43-31-29(34(44-35)46-10-1-6-37(19-46)9-13-49-37)25-17-47-16-24(25)27(30(31)40)22-2-3-26(39)32-28(22)23(15-41)33(42)50-32/h2-3,14H,1,4-13,16-20,42H2. The lowest BCUT2D eigenvalue weighted by Gasteiger charge is -2.49. The molecule has 9 rings (SSSR count). The highest BCUT2D eigenvalue weighted by Crippen LogP contribution is 2.50. The number of nitrogen functional groups attached to an aromatic ring is 1. The SMILES string of the molecule is N#Cc1c(N)sc2c(F)ccc(-c3c4c(c5c(N6CCCC7(CCO7)C6)nc(OCC6(CN7CCC(=CF)CC7)CC6)nc5c3F)COC4)c12. The molecule has 1 unspecified atom stereocenters. The molecule has 6 heterocycles. The number of aromatic nitrogens is 2. The first-order valence-corrected chi connectivity index (χ1v) is 18.2. The molecule has 1 saturated carbocycles. The van der Waals surface area contributed by atoms with Crippen molar-refractivity contribution in [3.63, 3.8) is 0 Å². The number of anilines is 2. The highest BCUT2D eigenvalue weighted by atomic mass is 32.1. The van der Waals surface area contributed by atoms with Crippen LogP contribution in [0.1, 0.15) is 61.6 Å². The van der Waals surface area contributed by atoms with Crippen molar-refractivity contribution < 1.29 is 27.4 Å². The molecule has 0 amide bonds. The van der Waals surface area contributed by atoms with Crippen LogP contribution in [0.3, 0.4) is 0 Å². The molecule has 3 saturated heterocycles. The lowest BCUT2D eigenvalue weighted by Crippen LogP contribution is -2.56. The van der Waals surface area contributed by atoms with Crippen molar-refractivity contribution in [2.45, 2.75) is 63.8 Å². The maximum absolute atomic E-state index is 17.4. The Bertz CT molecular complexity index is 2110. The Labute approximate surface area is 291 Å². The number of hydrogen-bond acceptors (Lipinski definition) is 10. The number of nitriles is 1. The van der Waals surface area contributed by atoms with E-state index in [1.54, 1.807) is 0 Å². The molecule has 13 heteroatoms. The Morgan fingerprint density at radius 3 is 2.58 bits per heavy atom. The van der Waals surface area contributed by atoms with Crippen LogP contribution in [-0.2, 0) is 22.7 Å². The molecule has 260 valence electrons. The van der Waals surface area contributed by atoms with E-state index >= 15 is 8.78 Å². The average Bonchev–Trinajstić information content (AvgIpc) is 3.54. The summed E-state index contributed by atoms with van der Waals surface area (Å²) in [5, 5.41) is 11.1. The Morgan fingerprint density at radius 2 is 1.86 bits per heavy atom. The summed E-state index contributed by atoms with van der Waals surface area (Å²) < 4.78 is 64.2. The van der Waals surface area contributed by atoms with Crippen LogP contribution in [0.15, 0.2) is 24.0 Å². The van der Waals surface area contributed by atoms with Crippen molar-refractivity contribution in [1.82, 2.24) is 14.9 Å². The quantitative estimate of drug-likeness (QED) is 0.215. The lowest BCUT2D eigenvalue weighted by molar-refractivity contribution is -0.151. The smallest absolute Gasteiger partial charge is 0.319 e. The number of piperidine rings is 2. The molecule has 4 fully saturated rings. The number of thiophene rings is 1. The average molecular weight is 703 g/mol. The van der Waals surface area contributed by atoms with Gasteiger partial charge in [-0.2, -0.15) is 15.2 Å². The molecule has 2 N–H and O–H groups in total. The lowest BCUT2D eigenvalue weighted by atomic mass is 9.85. The number of likely N-dealkylation sites (tertiary alicyclic amines) is 1. The second kappa shape index (κ2) is 12.1. The Hall–Kier alpha value is -3.96. The molecular weight excluding hydrogens is 666 g/mol. The minimum atomic E-state index is -0.600. The zero-order valence-electron chi connectivity index (χ0n) is 27.6. The molecule has 9 nitrogen and oxygen atoms in total. The highest BCUT2D eigenvalue weighted by Gasteiger charge is 2.46. The van der Waals surface area contributed by atoms with Crippen molar-refractivity contribution in [3.8, 4) is 23.2 Å². The molecule has 0 bridgehead atoms. The van der Waals surface area contributed by atoms with Crippen LogP contribution in [0, 0.1) is 28.4 Å². The molecule has 5 aliphatic rings. The summed E-state index contributed by atoms with van der Waals surface area (Å²) in [4.78, 5) is 14.3. The number of hydrogen-bond donors (Lipinski definition) is 1. The van der Waals surface area contributed by atoms with Gasteiger partial charge in [0, 0.05) is 55.5 Å². The third-order valence-corrected chi connectivity index (χ3v) is 12.5. The van der Waals surface area contributed by atoms with Crippen LogP contribution in [0.5, 0.6) is 6.01 Å². The molecule has 4 aliphatic heterocycles. The van der Waals surface area contributed by atoms with Crippen molar-refractivity contribution in [2.75, 3.05) is 56.6 Å². The molecule has 1 aliphatic carbocycles. The normalized spacial score (nSPS) is 22.9. The fourth-order valence-corrected chi connectivity index (χ4v) is 9.34. The summed E-state index contributed by atoms with van der Waals surface area (Å²) >= 11 is 0.980. The fraction of sp³-hybridized carbons (Fsp3) is 0.486. The first-order valence-electron chi connectivity index (χ1n) is 17.4. The molecule has 50 heavy (non-hydrogen) atoms. The summed E-state index contributed by atoms with van der Waals surface area (Å²) in [6, 6.07) is 5.01. The fourth-order valence-electron chi connectivity index (χ4n) is 8.39. The molecular formula is C37H37F3N6O3S. The van der Waals surface area contributed by atoms with Gasteiger partial charge in [0.05, 0.1) is 54.0 Å². The van der Waals surface area contributed by atoms with Gasteiger partial charge in [-0.3, -0.25) is 0 Å². The van der Waals surface area contributed by atoms with Crippen molar-refractivity contribution >= 4 is 43.1 Å². The topological polar surface area (TPSA) is 110 Å². The van der Waals surface area contributed by atoms with Crippen molar-refractivity contribution in [1.29, 1.82) is 5.26 Å². The van der Waals surface area contributed by atoms with Gasteiger partial charge in [-0.1, -0.05) is 6.07 Å². The van der Waals surface area contributed by atoms with Crippen LogP contribution in [0.25, 0.3) is 32.1 Å². The second-order valence-corrected chi connectivity index (χ2v) is 15.6. The van der Waals surface area contributed by atoms with Gasteiger partial charge >= 0.3 is 6.01 Å². The molecule has 0 radical (unpaired) electrons. The van der Waals surface area contributed by atoms with Gasteiger partial charge in [0.25, 0.3) is 0 Å².